The Balaban J connectivity index is 2.72. The summed E-state index contributed by atoms with van der Waals surface area (Å²) in [7, 11) is 4.31. The topological polar surface area (TPSA) is 83.1 Å². The van der Waals surface area contributed by atoms with Gasteiger partial charge in [0.2, 0.25) is 0 Å². The van der Waals surface area contributed by atoms with E-state index in [9.17, 15) is 9.59 Å². The molecule has 0 spiro atoms. The highest BCUT2D eigenvalue weighted by atomic mass is 16.5. The van der Waals surface area contributed by atoms with Crippen molar-refractivity contribution in [3.63, 3.8) is 0 Å². The minimum atomic E-state index is -0.568. The first kappa shape index (κ1) is 17.8. The number of carbonyl (C=O) groups is 2. The quantitative estimate of drug-likeness (QED) is 0.722. The zero-order valence-corrected chi connectivity index (χ0v) is 13.2. The number of nitrogens with one attached hydrogen (secondary N) is 1. The predicted molar refractivity (Wildman–Crippen MR) is 79.3 cm³/mol. The summed E-state index contributed by atoms with van der Waals surface area (Å²) in [6.07, 6.45) is 0. The van der Waals surface area contributed by atoms with Gasteiger partial charge in [0, 0.05) is 13.2 Å². The molecule has 1 atom stereocenters. The second kappa shape index (κ2) is 8.89. The van der Waals surface area contributed by atoms with Crippen molar-refractivity contribution in [2.45, 2.75) is 13.0 Å². The van der Waals surface area contributed by atoms with Gasteiger partial charge in [0.05, 0.1) is 20.8 Å². The van der Waals surface area contributed by atoms with Crippen LogP contribution < -0.4 is 14.8 Å². The number of esters is 1. The standard InChI is InChI=1S/C15H21NO6/c1-10(8-19-2)16-14(17)9-22-13-6-5-11(20-3)7-12(13)15(18)21-4/h5-7,10H,8-9H2,1-4H3,(H,16,17). The van der Waals surface area contributed by atoms with E-state index in [-0.39, 0.29) is 29.9 Å². The van der Waals surface area contributed by atoms with Crippen molar-refractivity contribution in [1.82, 2.24) is 5.32 Å². The molecule has 1 rings (SSSR count). The molecule has 0 aliphatic rings. The van der Waals surface area contributed by atoms with E-state index in [1.165, 1.54) is 20.3 Å². The lowest BCUT2D eigenvalue weighted by molar-refractivity contribution is -0.124. The van der Waals surface area contributed by atoms with Crippen molar-refractivity contribution in [2.75, 3.05) is 34.5 Å². The molecular weight excluding hydrogens is 290 g/mol. The monoisotopic (exact) mass is 311 g/mol. The number of hydrogen-bond donors (Lipinski definition) is 1. The van der Waals surface area contributed by atoms with Crippen molar-refractivity contribution in [3.05, 3.63) is 23.8 Å². The van der Waals surface area contributed by atoms with Gasteiger partial charge in [-0.25, -0.2) is 4.79 Å². The summed E-state index contributed by atoms with van der Waals surface area (Å²) in [6.45, 7) is 2.00. The summed E-state index contributed by atoms with van der Waals surface area (Å²) in [5.41, 5.74) is 0.194. The van der Waals surface area contributed by atoms with Gasteiger partial charge in [0.25, 0.3) is 5.91 Å². The Labute approximate surface area is 129 Å². The average molecular weight is 311 g/mol. The van der Waals surface area contributed by atoms with Gasteiger partial charge in [-0.3, -0.25) is 4.79 Å². The molecule has 0 aromatic heterocycles. The molecule has 1 amide bonds. The van der Waals surface area contributed by atoms with Gasteiger partial charge in [-0.15, -0.1) is 0 Å². The first-order valence-electron chi connectivity index (χ1n) is 6.69. The molecule has 0 radical (unpaired) electrons. The van der Waals surface area contributed by atoms with Gasteiger partial charge in [0.15, 0.2) is 6.61 Å². The van der Waals surface area contributed by atoms with Crippen LogP contribution in [0.5, 0.6) is 11.5 Å². The summed E-state index contributed by atoms with van der Waals surface area (Å²) in [5.74, 6) is -0.133. The van der Waals surface area contributed by atoms with Crippen LogP contribution in [-0.2, 0) is 14.3 Å². The van der Waals surface area contributed by atoms with E-state index in [4.69, 9.17) is 14.2 Å². The number of amides is 1. The molecule has 1 aromatic rings. The van der Waals surface area contributed by atoms with Crippen LogP contribution in [0.15, 0.2) is 18.2 Å². The van der Waals surface area contributed by atoms with E-state index in [2.05, 4.69) is 10.1 Å². The van der Waals surface area contributed by atoms with Gasteiger partial charge in [-0.1, -0.05) is 0 Å². The van der Waals surface area contributed by atoms with Gasteiger partial charge in [-0.05, 0) is 25.1 Å². The fraction of sp³-hybridized carbons (Fsp3) is 0.467. The Kier molecular flexibility index (Phi) is 7.18. The van der Waals surface area contributed by atoms with E-state index >= 15 is 0 Å². The van der Waals surface area contributed by atoms with Gasteiger partial charge < -0.3 is 24.3 Å². The molecule has 0 aliphatic heterocycles. The fourth-order valence-electron chi connectivity index (χ4n) is 1.78. The maximum absolute atomic E-state index is 11.7. The van der Waals surface area contributed by atoms with Crippen LogP contribution in [0.3, 0.4) is 0 Å². The SMILES string of the molecule is COCC(C)NC(=O)COc1ccc(OC)cc1C(=O)OC. The molecule has 0 saturated heterocycles. The van der Waals surface area contributed by atoms with Crippen molar-refractivity contribution in [1.29, 1.82) is 0 Å². The van der Waals surface area contributed by atoms with Crippen LogP contribution >= 0.6 is 0 Å². The molecule has 1 N–H and O–H groups in total. The Morgan fingerprint density at radius 2 is 1.95 bits per heavy atom. The Hall–Kier alpha value is -2.28. The summed E-state index contributed by atoms with van der Waals surface area (Å²) in [5, 5.41) is 2.71. The van der Waals surface area contributed by atoms with Crippen LogP contribution in [0.4, 0.5) is 0 Å². The lowest BCUT2D eigenvalue weighted by Crippen LogP contribution is -2.38. The number of carbonyl (C=O) groups excluding carboxylic acids is 2. The van der Waals surface area contributed by atoms with Gasteiger partial charge in [0.1, 0.15) is 17.1 Å². The molecule has 122 valence electrons. The zero-order chi connectivity index (χ0) is 16.5. The maximum atomic E-state index is 11.7. The second-order valence-electron chi connectivity index (χ2n) is 4.57. The Morgan fingerprint density at radius 1 is 1.23 bits per heavy atom. The Bertz CT molecular complexity index is 517. The molecule has 0 aliphatic carbocycles. The van der Waals surface area contributed by atoms with E-state index in [0.29, 0.717) is 12.4 Å². The van der Waals surface area contributed by atoms with E-state index in [0.717, 1.165) is 0 Å². The highest BCUT2D eigenvalue weighted by molar-refractivity contribution is 5.93. The maximum Gasteiger partial charge on any atom is 0.341 e. The number of benzene rings is 1. The molecule has 7 heteroatoms. The molecular formula is C15H21NO6. The van der Waals surface area contributed by atoms with E-state index in [1.807, 2.05) is 6.92 Å². The van der Waals surface area contributed by atoms with E-state index < -0.39 is 5.97 Å². The smallest absolute Gasteiger partial charge is 0.341 e. The van der Waals surface area contributed by atoms with Crippen LogP contribution in [0.1, 0.15) is 17.3 Å². The third-order valence-electron chi connectivity index (χ3n) is 2.77. The molecule has 0 fully saturated rings. The zero-order valence-electron chi connectivity index (χ0n) is 13.2. The van der Waals surface area contributed by atoms with Crippen molar-refractivity contribution in [2.24, 2.45) is 0 Å². The number of ether oxygens (including phenoxy) is 4. The summed E-state index contributed by atoms with van der Waals surface area (Å²) in [6, 6.07) is 4.55. The molecule has 0 bridgehead atoms. The third-order valence-corrected chi connectivity index (χ3v) is 2.77. The third kappa shape index (κ3) is 5.25. The lowest BCUT2D eigenvalue weighted by atomic mass is 10.2. The first-order chi connectivity index (χ1) is 10.5. The minimum Gasteiger partial charge on any atom is -0.497 e. The molecule has 0 heterocycles. The normalized spacial score (nSPS) is 11.5. The molecule has 22 heavy (non-hydrogen) atoms. The minimum absolute atomic E-state index is 0.128. The summed E-state index contributed by atoms with van der Waals surface area (Å²) >= 11 is 0. The van der Waals surface area contributed by atoms with Crippen LogP contribution in [0.2, 0.25) is 0 Å². The molecule has 1 unspecified atom stereocenters. The second-order valence-corrected chi connectivity index (χ2v) is 4.57. The summed E-state index contributed by atoms with van der Waals surface area (Å²) < 4.78 is 20.1. The molecule has 7 nitrogen and oxygen atoms in total. The van der Waals surface area contributed by atoms with Crippen molar-refractivity contribution >= 4 is 11.9 Å². The summed E-state index contributed by atoms with van der Waals surface area (Å²) in [4.78, 5) is 23.5. The highest BCUT2D eigenvalue weighted by Crippen LogP contribution is 2.24. The number of rotatable bonds is 8. The molecule has 1 aromatic carbocycles. The fourth-order valence-corrected chi connectivity index (χ4v) is 1.78. The molecule has 0 saturated carbocycles. The average Bonchev–Trinajstić information content (AvgIpc) is 2.52. The van der Waals surface area contributed by atoms with Gasteiger partial charge >= 0.3 is 5.97 Å². The lowest BCUT2D eigenvalue weighted by Gasteiger charge is -2.14. The largest absolute Gasteiger partial charge is 0.497 e. The first-order valence-corrected chi connectivity index (χ1v) is 6.69. The highest BCUT2D eigenvalue weighted by Gasteiger charge is 2.16. The van der Waals surface area contributed by atoms with Gasteiger partial charge in [-0.2, -0.15) is 0 Å². The predicted octanol–water partition coefficient (Wildman–Crippen LogP) is 1.01. The number of hydrogen-bond acceptors (Lipinski definition) is 6. The van der Waals surface area contributed by atoms with Crippen molar-refractivity contribution < 1.29 is 28.5 Å². The number of methoxy groups -OCH3 is 3. The van der Waals surface area contributed by atoms with E-state index in [1.54, 1.807) is 19.2 Å². The van der Waals surface area contributed by atoms with Crippen LogP contribution in [-0.4, -0.2) is 52.5 Å². The van der Waals surface area contributed by atoms with Crippen LogP contribution in [0, 0.1) is 0 Å². The van der Waals surface area contributed by atoms with Crippen molar-refractivity contribution in [3.8, 4) is 11.5 Å². The Morgan fingerprint density at radius 3 is 2.55 bits per heavy atom. The van der Waals surface area contributed by atoms with Crippen LogP contribution in [0.25, 0.3) is 0 Å².